The molecule has 4 rings (SSSR count). The Bertz CT molecular complexity index is 717. The predicted molar refractivity (Wildman–Crippen MR) is 91.8 cm³/mol. The molecule has 0 aromatic heterocycles. The van der Waals surface area contributed by atoms with Crippen LogP contribution in [-0.4, -0.2) is 41.9 Å². The molecule has 1 aliphatic heterocycles. The molecule has 1 saturated heterocycles. The molecular formula is C20H21NO3. The molecule has 0 spiro atoms. The number of amides is 1. The van der Waals surface area contributed by atoms with Crippen LogP contribution in [0.1, 0.15) is 24.0 Å². The number of β-amino-alcohol motifs (C(OH)–C–C–N with tert-alkyl or cyclic N) is 1. The smallest absolute Gasteiger partial charge is 0.409 e. The number of carbonyl (C=O) groups excluding carboxylic acids is 1. The fraction of sp³-hybridized carbons (Fsp3) is 0.350. The van der Waals surface area contributed by atoms with Crippen molar-refractivity contribution in [3.05, 3.63) is 59.7 Å². The standard InChI is InChI=1S/C20H21NO3/c1-13-10-21(11-19(13)22)20(23)24-12-18-16-8-4-2-6-14(16)15-7-3-5-9-17(15)18/h2-9,13,18-19,22H,10-12H2,1H3. The van der Waals surface area contributed by atoms with Gasteiger partial charge in [-0.2, -0.15) is 0 Å². The summed E-state index contributed by atoms with van der Waals surface area (Å²) in [4.78, 5) is 13.9. The Kier molecular flexibility index (Phi) is 3.77. The van der Waals surface area contributed by atoms with Gasteiger partial charge in [0.25, 0.3) is 0 Å². The summed E-state index contributed by atoms with van der Waals surface area (Å²) >= 11 is 0. The van der Waals surface area contributed by atoms with E-state index in [1.807, 2.05) is 31.2 Å². The molecule has 2 atom stereocenters. The van der Waals surface area contributed by atoms with Crippen LogP contribution in [0.5, 0.6) is 0 Å². The molecule has 0 radical (unpaired) electrons. The summed E-state index contributed by atoms with van der Waals surface area (Å²) in [5.41, 5.74) is 4.86. The molecule has 1 fully saturated rings. The van der Waals surface area contributed by atoms with Gasteiger partial charge in [0.1, 0.15) is 6.61 Å². The Morgan fingerprint density at radius 2 is 1.67 bits per heavy atom. The van der Waals surface area contributed by atoms with E-state index < -0.39 is 6.10 Å². The molecule has 4 nitrogen and oxygen atoms in total. The van der Waals surface area contributed by atoms with Crippen LogP contribution in [0.3, 0.4) is 0 Å². The number of benzene rings is 2. The van der Waals surface area contributed by atoms with Gasteiger partial charge in [-0.15, -0.1) is 0 Å². The predicted octanol–water partition coefficient (Wildman–Crippen LogP) is 3.25. The van der Waals surface area contributed by atoms with Crippen molar-refractivity contribution in [1.82, 2.24) is 4.90 Å². The average molecular weight is 323 g/mol. The second-order valence-corrected chi connectivity index (χ2v) is 6.75. The van der Waals surface area contributed by atoms with E-state index in [4.69, 9.17) is 4.74 Å². The number of rotatable bonds is 2. The van der Waals surface area contributed by atoms with E-state index in [1.165, 1.54) is 22.3 Å². The molecule has 0 bridgehead atoms. The van der Waals surface area contributed by atoms with Crippen LogP contribution in [0.4, 0.5) is 4.79 Å². The number of carbonyl (C=O) groups is 1. The van der Waals surface area contributed by atoms with Gasteiger partial charge in [0, 0.05) is 18.4 Å². The topological polar surface area (TPSA) is 49.8 Å². The van der Waals surface area contributed by atoms with Crippen molar-refractivity contribution in [3.63, 3.8) is 0 Å². The summed E-state index contributed by atoms with van der Waals surface area (Å²) < 4.78 is 5.60. The first-order chi connectivity index (χ1) is 11.6. The molecule has 2 aromatic carbocycles. The lowest BCUT2D eigenvalue weighted by atomic mass is 9.98. The minimum Gasteiger partial charge on any atom is -0.448 e. The third-order valence-electron chi connectivity index (χ3n) is 5.17. The highest BCUT2D eigenvalue weighted by molar-refractivity contribution is 5.79. The number of fused-ring (bicyclic) bond motifs is 3. The molecule has 2 unspecified atom stereocenters. The minimum absolute atomic E-state index is 0.0753. The second-order valence-electron chi connectivity index (χ2n) is 6.75. The van der Waals surface area contributed by atoms with Crippen molar-refractivity contribution in [3.8, 4) is 11.1 Å². The molecule has 1 heterocycles. The highest BCUT2D eigenvalue weighted by Crippen LogP contribution is 2.44. The molecule has 2 aromatic rings. The van der Waals surface area contributed by atoms with Gasteiger partial charge in [0.15, 0.2) is 0 Å². The molecule has 24 heavy (non-hydrogen) atoms. The fourth-order valence-electron chi connectivity index (χ4n) is 3.78. The maximum absolute atomic E-state index is 12.3. The lowest BCUT2D eigenvalue weighted by Crippen LogP contribution is -2.31. The highest BCUT2D eigenvalue weighted by atomic mass is 16.6. The van der Waals surface area contributed by atoms with Crippen molar-refractivity contribution in [2.24, 2.45) is 5.92 Å². The summed E-state index contributed by atoms with van der Waals surface area (Å²) in [6, 6.07) is 16.6. The van der Waals surface area contributed by atoms with Crippen molar-refractivity contribution in [1.29, 1.82) is 0 Å². The number of likely N-dealkylation sites (tertiary alicyclic amines) is 1. The quantitative estimate of drug-likeness (QED) is 0.923. The lowest BCUT2D eigenvalue weighted by molar-refractivity contribution is 0.100. The average Bonchev–Trinajstić information content (AvgIpc) is 3.11. The fourth-order valence-corrected chi connectivity index (χ4v) is 3.78. The molecule has 1 amide bonds. The van der Waals surface area contributed by atoms with Gasteiger partial charge in [0.2, 0.25) is 0 Å². The van der Waals surface area contributed by atoms with E-state index >= 15 is 0 Å². The number of hydrogen-bond donors (Lipinski definition) is 1. The van der Waals surface area contributed by atoms with Crippen LogP contribution in [0.15, 0.2) is 48.5 Å². The number of nitrogens with zero attached hydrogens (tertiary/aromatic N) is 1. The van der Waals surface area contributed by atoms with Gasteiger partial charge in [-0.3, -0.25) is 0 Å². The first kappa shape index (κ1) is 15.2. The zero-order valence-corrected chi connectivity index (χ0v) is 13.7. The Balaban J connectivity index is 1.52. The largest absolute Gasteiger partial charge is 0.448 e. The summed E-state index contributed by atoms with van der Waals surface area (Å²) in [6.07, 6.45) is -0.786. The summed E-state index contributed by atoms with van der Waals surface area (Å²) in [6.45, 7) is 3.19. The Morgan fingerprint density at radius 3 is 2.21 bits per heavy atom. The normalized spacial score (nSPS) is 22.3. The van der Waals surface area contributed by atoms with E-state index in [0.717, 1.165) is 0 Å². The third-order valence-corrected chi connectivity index (χ3v) is 5.17. The maximum Gasteiger partial charge on any atom is 0.409 e. The monoisotopic (exact) mass is 323 g/mol. The van der Waals surface area contributed by atoms with Crippen LogP contribution in [0.2, 0.25) is 0 Å². The Labute approximate surface area is 141 Å². The lowest BCUT2D eigenvalue weighted by Gasteiger charge is -2.19. The van der Waals surface area contributed by atoms with Crippen molar-refractivity contribution < 1.29 is 14.6 Å². The molecular weight excluding hydrogens is 302 g/mol. The van der Waals surface area contributed by atoms with Gasteiger partial charge in [0.05, 0.1) is 12.6 Å². The van der Waals surface area contributed by atoms with E-state index in [2.05, 4.69) is 24.3 Å². The maximum atomic E-state index is 12.3. The van der Waals surface area contributed by atoms with Gasteiger partial charge in [-0.05, 0) is 22.3 Å². The molecule has 4 heteroatoms. The third kappa shape index (κ3) is 2.47. The van der Waals surface area contributed by atoms with Gasteiger partial charge < -0.3 is 14.7 Å². The van der Waals surface area contributed by atoms with Crippen molar-refractivity contribution >= 4 is 6.09 Å². The van der Waals surface area contributed by atoms with E-state index in [0.29, 0.717) is 19.7 Å². The zero-order valence-electron chi connectivity index (χ0n) is 13.7. The number of aliphatic hydroxyl groups is 1. The second kappa shape index (κ2) is 5.95. The molecule has 0 saturated carbocycles. The van der Waals surface area contributed by atoms with E-state index in [-0.39, 0.29) is 17.9 Å². The van der Waals surface area contributed by atoms with Crippen LogP contribution in [-0.2, 0) is 4.74 Å². The van der Waals surface area contributed by atoms with Gasteiger partial charge in [-0.1, -0.05) is 55.5 Å². The molecule has 2 aliphatic rings. The Morgan fingerprint density at radius 1 is 1.08 bits per heavy atom. The van der Waals surface area contributed by atoms with Crippen LogP contribution < -0.4 is 0 Å². The first-order valence-electron chi connectivity index (χ1n) is 8.43. The first-order valence-corrected chi connectivity index (χ1v) is 8.43. The SMILES string of the molecule is CC1CN(C(=O)OCC2c3ccccc3-c3ccccc32)CC1O. The molecule has 1 aliphatic carbocycles. The van der Waals surface area contributed by atoms with E-state index in [1.54, 1.807) is 4.90 Å². The summed E-state index contributed by atoms with van der Waals surface area (Å²) in [7, 11) is 0. The van der Waals surface area contributed by atoms with Gasteiger partial charge in [-0.25, -0.2) is 4.79 Å². The van der Waals surface area contributed by atoms with Crippen molar-refractivity contribution in [2.75, 3.05) is 19.7 Å². The number of ether oxygens (including phenoxy) is 1. The molecule has 1 N–H and O–H groups in total. The highest BCUT2D eigenvalue weighted by Gasteiger charge is 2.33. The molecule has 124 valence electrons. The Hall–Kier alpha value is -2.33. The minimum atomic E-state index is -0.453. The number of hydrogen-bond acceptors (Lipinski definition) is 3. The van der Waals surface area contributed by atoms with Crippen LogP contribution in [0, 0.1) is 5.92 Å². The summed E-state index contributed by atoms with van der Waals surface area (Å²) in [5.74, 6) is 0.178. The van der Waals surface area contributed by atoms with Crippen molar-refractivity contribution in [2.45, 2.75) is 18.9 Å². The summed E-state index contributed by atoms with van der Waals surface area (Å²) in [5, 5.41) is 9.81. The van der Waals surface area contributed by atoms with Gasteiger partial charge >= 0.3 is 6.09 Å². The number of aliphatic hydroxyl groups excluding tert-OH is 1. The van der Waals surface area contributed by atoms with Crippen LogP contribution >= 0.6 is 0 Å². The van der Waals surface area contributed by atoms with E-state index in [9.17, 15) is 9.90 Å². The van der Waals surface area contributed by atoms with Crippen LogP contribution in [0.25, 0.3) is 11.1 Å². The zero-order chi connectivity index (χ0) is 16.7.